The predicted molar refractivity (Wildman–Crippen MR) is 371 cm³/mol. The second-order valence-electron chi connectivity index (χ2n) is 29.5. The molecular weight excluding hydrogens is 1190 g/mol. The Morgan fingerprint density at radius 1 is 0.474 bits per heavy atom. The van der Waals surface area contributed by atoms with Crippen LogP contribution in [0.5, 0.6) is 0 Å². The molecule has 10 fully saturated rings. The van der Waals surface area contributed by atoms with Gasteiger partial charge in [0.25, 0.3) is 11.8 Å². The molecule has 16 rings (SSSR count). The van der Waals surface area contributed by atoms with E-state index in [0.29, 0.717) is 81.0 Å². The Kier molecular flexibility index (Phi) is 17.5. The van der Waals surface area contributed by atoms with E-state index in [0.717, 1.165) is 173 Å². The van der Waals surface area contributed by atoms with E-state index >= 15 is 0 Å². The molecule has 3 aliphatic carbocycles. The molecule has 500 valence electrons. The fourth-order valence-corrected chi connectivity index (χ4v) is 17.4. The lowest BCUT2D eigenvalue weighted by atomic mass is 9.61. The quantitative estimate of drug-likeness (QED) is 0.0443. The third-order valence-electron chi connectivity index (χ3n) is 23.4. The highest BCUT2D eigenvalue weighted by atomic mass is 16.5. The van der Waals surface area contributed by atoms with Crippen molar-refractivity contribution in [3.8, 4) is 22.8 Å². The molecule has 95 heavy (non-hydrogen) atoms. The number of nitrogens with zero attached hydrogens (tertiary/aromatic N) is 12. The van der Waals surface area contributed by atoms with Gasteiger partial charge in [0.1, 0.15) is 11.4 Å². The van der Waals surface area contributed by atoms with Gasteiger partial charge < -0.3 is 51.6 Å². The zero-order valence-corrected chi connectivity index (χ0v) is 55.0. The van der Waals surface area contributed by atoms with Crippen LogP contribution in [0.3, 0.4) is 0 Å². The Morgan fingerprint density at radius 3 is 1.36 bits per heavy atom. The smallest absolute Gasteiger partial charge is 0.274 e. The average Bonchev–Trinajstić information content (AvgIpc) is 1.32. The van der Waals surface area contributed by atoms with E-state index < -0.39 is 5.91 Å². The lowest BCUT2D eigenvalue weighted by molar-refractivity contribution is -0.0739. The maximum absolute atomic E-state index is 14.7. The molecular formula is C73H94N18O4. The number of rotatable bonds is 19. The minimum absolute atomic E-state index is 0.0668. The van der Waals surface area contributed by atoms with Gasteiger partial charge >= 0.3 is 0 Å². The Hall–Kier alpha value is -7.60. The number of hydrogen-bond donors (Lipinski definition) is 6. The Labute approximate surface area is 558 Å². The number of carbonyl (C=O) groups excluding carboxylic acids is 2. The first kappa shape index (κ1) is 62.2. The summed E-state index contributed by atoms with van der Waals surface area (Å²) in [7, 11) is 0. The van der Waals surface area contributed by atoms with E-state index in [1.807, 2.05) is 48.5 Å². The summed E-state index contributed by atoms with van der Waals surface area (Å²) in [6.45, 7) is 16.7. The molecule has 2 aromatic carbocycles. The third-order valence-corrected chi connectivity index (χ3v) is 23.4. The second kappa shape index (κ2) is 26.8. The average molecular weight is 1290 g/mol. The Balaban J connectivity index is 0.528. The molecule has 6 aromatic rings. The van der Waals surface area contributed by atoms with Crippen LogP contribution in [0.4, 0.5) is 46.0 Å². The Bertz CT molecular complexity index is 3630. The monoisotopic (exact) mass is 1290 g/mol. The number of anilines is 8. The zero-order valence-electron chi connectivity index (χ0n) is 55.0. The second-order valence-corrected chi connectivity index (χ2v) is 29.5. The van der Waals surface area contributed by atoms with Crippen LogP contribution < -0.4 is 42.1 Å². The molecule has 4 aromatic heterocycles. The lowest BCUT2D eigenvalue weighted by Gasteiger charge is -2.57. The molecule has 22 nitrogen and oxygen atoms in total. The van der Waals surface area contributed by atoms with Crippen molar-refractivity contribution >= 4 is 57.8 Å². The van der Waals surface area contributed by atoms with Crippen LogP contribution in [0.15, 0.2) is 97.3 Å². The van der Waals surface area contributed by atoms with E-state index in [-0.39, 0.29) is 29.4 Å². The minimum atomic E-state index is -0.661. The van der Waals surface area contributed by atoms with E-state index in [2.05, 4.69) is 97.4 Å². The summed E-state index contributed by atoms with van der Waals surface area (Å²) in [5.41, 5.74) is 13.7. The summed E-state index contributed by atoms with van der Waals surface area (Å²) in [5, 5.41) is 17.7. The number of piperazine rings is 1. The van der Waals surface area contributed by atoms with Gasteiger partial charge in [0.2, 0.25) is 0 Å². The normalized spacial score (nSPS) is 23.6. The zero-order chi connectivity index (χ0) is 63.9. The van der Waals surface area contributed by atoms with Crippen molar-refractivity contribution in [2.24, 2.45) is 22.0 Å². The van der Waals surface area contributed by atoms with Crippen molar-refractivity contribution in [3.05, 3.63) is 109 Å². The minimum Gasteiger partial charge on any atom is -0.381 e. The highest BCUT2D eigenvalue weighted by Crippen LogP contribution is 2.52. The third kappa shape index (κ3) is 13.6. The maximum Gasteiger partial charge on any atom is 0.274 e. The number of nitrogens with one attached hydrogen (secondary N) is 5. The van der Waals surface area contributed by atoms with Crippen LogP contribution in [0.1, 0.15) is 124 Å². The molecule has 22 heteroatoms. The first-order valence-corrected chi connectivity index (χ1v) is 35.7. The van der Waals surface area contributed by atoms with Crippen LogP contribution >= 0.6 is 0 Å². The molecule has 7 aliphatic heterocycles. The largest absolute Gasteiger partial charge is 0.381 e. The summed E-state index contributed by atoms with van der Waals surface area (Å²) >= 11 is 0. The number of ether oxygens (including phenoxy) is 2. The molecule has 0 bridgehead atoms. The molecule has 10 aliphatic rings. The van der Waals surface area contributed by atoms with Gasteiger partial charge in [-0.15, -0.1) is 0 Å². The van der Waals surface area contributed by atoms with Crippen molar-refractivity contribution in [3.63, 3.8) is 0 Å². The number of likely N-dealkylation sites (tertiary alicyclic amines) is 2. The van der Waals surface area contributed by atoms with Gasteiger partial charge in [-0.25, -0.2) is 19.9 Å². The number of aromatic nitrogens is 6. The Morgan fingerprint density at radius 2 is 0.916 bits per heavy atom. The number of piperidine rings is 3. The van der Waals surface area contributed by atoms with E-state index in [1.165, 1.54) is 63.2 Å². The standard InChI is InChI=1S/C73H94N18O4/c74-65(92)63-68(84-66(61(82-63)59-5-1-3-27-75-59)80-52-43-71(44-52)23-39-94-40-24-71)78-50-7-11-55(12-8-50)88-31-19-58(20-32-88)91-47-73(48-91)21-33-86(34-22-73)49-77-70(93)64-69(85-67(62(83-64)60-6-2-4-28-76-60)81-53-45-72(46-53)25-41-95-42-26-72)79-51-9-13-54(14-10-51)87-29-17-57(18-30-87)90-37-35-89(36-38-90)56-15-16-56/h1-14,27-28,52-53,56-58H,15-26,29-49H2,(H2,74,92)(H,77,93)(H2,78,80,84)(H2,79,81,85). The molecule has 7 N–H and O–H groups in total. The number of nitrogens with two attached hydrogens (primary N) is 1. The van der Waals surface area contributed by atoms with Gasteiger partial charge in [0.15, 0.2) is 34.7 Å². The van der Waals surface area contributed by atoms with E-state index in [1.54, 1.807) is 12.4 Å². The highest BCUT2D eigenvalue weighted by Gasteiger charge is 2.49. The van der Waals surface area contributed by atoms with Crippen molar-refractivity contribution in [2.75, 3.05) is 143 Å². The molecule has 11 heterocycles. The number of primary amides is 1. The molecule has 3 saturated carbocycles. The summed E-state index contributed by atoms with van der Waals surface area (Å²) in [6.07, 6.45) is 21.6. The summed E-state index contributed by atoms with van der Waals surface area (Å²) in [4.78, 5) is 72.9. The van der Waals surface area contributed by atoms with Gasteiger partial charge in [-0.2, -0.15) is 0 Å². The summed E-state index contributed by atoms with van der Waals surface area (Å²) in [6, 6.07) is 31.0. The predicted octanol–water partition coefficient (Wildman–Crippen LogP) is 9.22. The number of amides is 2. The number of benzene rings is 2. The molecule has 3 spiro atoms. The fraction of sp³-hybridized carbons (Fsp3) is 0.562. The van der Waals surface area contributed by atoms with Crippen LogP contribution in [-0.2, 0) is 9.47 Å². The van der Waals surface area contributed by atoms with Crippen LogP contribution in [0, 0.1) is 16.2 Å². The van der Waals surface area contributed by atoms with E-state index in [4.69, 9.17) is 40.1 Å². The molecule has 7 saturated heterocycles. The SMILES string of the molecule is NC(=O)c1nc(-c2ccccn2)c(NC2CC3(CCOCC3)C2)nc1Nc1ccc(N2CCC(N3CC4(CCN(CNC(=O)c5nc(-c6ccccn6)c(NC6CC7(CCOCC7)C6)nc5Nc5ccc(N6CCC(N7CCN(C8CC8)CC7)CC6)cc5)CC4)C3)CC2)cc1. The van der Waals surface area contributed by atoms with Crippen molar-refractivity contribution in [1.29, 1.82) is 0 Å². The molecule has 2 amide bonds. The van der Waals surface area contributed by atoms with Crippen molar-refractivity contribution in [2.45, 2.75) is 133 Å². The number of pyridine rings is 2. The summed E-state index contributed by atoms with van der Waals surface area (Å²) < 4.78 is 11.4. The van der Waals surface area contributed by atoms with Crippen molar-refractivity contribution in [1.82, 2.24) is 54.8 Å². The summed E-state index contributed by atoms with van der Waals surface area (Å²) in [5.74, 6) is 1.04. The van der Waals surface area contributed by atoms with Gasteiger partial charge in [-0.05, 0) is 192 Å². The molecule has 0 atom stereocenters. The first-order valence-electron chi connectivity index (χ1n) is 35.7. The highest BCUT2D eigenvalue weighted by molar-refractivity contribution is 5.99. The van der Waals surface area contributed by atoms with E-state index in [9.17, 15) is 9.59 Å². The maximum atomic E-state index is 14.7. The lowest BCUT2D eigenvalue weighted by Crippen LogP contribution is -2.64. The van der Waals surface area contributed by atoms with Crippen LogP contribution in [0.2, 0.25) is 0 Å². The van der Waals surface area contributed by atoms with Crippen LogP contribution in [-0.4, -0.2) is 203 Å². The fourth-order valence-electron chi connectivity index (χ4n) is 17.4. The number of hydrogen-bond acceptors (Lipinski definition) is 20. The van der Waals surface area contributed by atoms with Crippen LogP contribution in [0.25, 0.3) is 22.8 Å². The number of carbonyl (C=O) groups is 2. The van der Waals surface area contributed by atoms with Gasteiger partial charge in [0, 0.05) is 170 Å². The molecule has 0 radical (unpaired) electrons. The van der Waals surface area contributed by atoms with Crippen molar-refractivity contribution < 1.29 is 19.1 Å². The molecule has 0 unspecified atom stereocenters. The topological polar surface area (TPSA) is 236 Å². The first-order chi connectivity index (χ1) is 46.5. The van der Waals surface area contributed by atoms with Gasteiger partial charge in [0.05, 0.1) is 18.1 Å². The van der Waals surface area contributed by atoms with Gasteiger partial charge in [-0.1, -0.05) is 12.1 Å². The van der Waals surface area contributed by atoms with Gasteiger partial charge in [-0.3, -0.25) is 39.2 Å².